The Labute approximate surface area is 134 Å². The Morgan fingerprint density at radius 1 is 1.19 bits per heavy atom. The molecular formula is C16H16ClNO2S. The summed E-state index contributed by atoms with van der Waals surface area (Å²) in [5.74, 6) is 1.29. The van der Waals surface area contributed by atoms with Crippen molar-refractivity contribution in [2.45, 2.75) is 13.5 Å². The molecule has 0 aromatic heterocycles. The maximum Gasteiger partial charge on any atom is 0.138 e. The van der Waals surface area contributed by atoms with E-state index in [9.17, 15) is 0 Å². The fraction of sp³-hybridized carbons (Fsp3) is 0.188. The molecule has 0 amide bonds. The number of benzene rings is 2. The third kappa shape index (κ3) is 3.86. The van der Waals surface area contributed by atoms with Gasteiger partial charge in [-0.25, -0.2) is 0 Å². The van der Waals surface area contributed by atoms with E-state index in [0.717, 1.165) is 11.1 Å². The summed E-state index contributed by atoms with van der Waals surface area (Å²) < 4.78 is 11.0. The summed E-state index contributed by atoms with van der Waals surface area (Å²) in [6.45, 7) is 2.37. The highest BCUT2D eigenvalue weighted by molar-refractivity contribution is 7.80. The molecule has 0 spiro atoms. The molecule has 0 aliphatic carbocycles. The molecule has 0 saturated carbocycles. The predicted molar refractivity (Wildman–Crippen MR) is 89.4 cm³/mol. The van der Waals surface area contributed by atoms with Gasteiger partial charge in [0, 0.05) is 0 Å². The lowest BCUT2D eigenvalue weighted by atomic mass is 10.1. The van der Waals surface area contributed by atoms with Gasteiger partial charge in [0.25, 0.3) is 0 Å². The van der Waals surface area contributed by atoms with Gasteiger partial charge < -0.3 is 15.2 Å². The monoisotopic (exact) mass is 321 g/mol. The number of thiocarbonyl (C=S) groups is 1. The zero-order valence-corrected chi connectivity index (χ0v) is 13.4. The van der Waals surface area contributed by atoms with Crippen LogP contribution in [0.1, 0.15) is 16.7 Å². The molecule has 2 aromatic rings. The van der Waals surface area contributed by atoms with Gasteiger partial charge >= 0.3 is 0 Å². The summed E-state index contributed by atoms with van der Waals surface area (Å²) >= 11 is 11.1. The van der Waals surface area contributed by atoms with E-state index in [1.54, 1.807) is 7.11 Å². The molecule has 110 valence electrons. The van der Waals surface area contributed by atoms with Gasteiger partial charge in [-0.15, -0.1) is 0 Å². The Morgan fingerprint density at radius 3 is 2.57 bits per heavy atom. The predicted octanol–water partition coefficient (Wildman–Crippen LogP) is 3.87. The van der Waals surface area contributed by atoms with Crippen LogP contribution in [0, 0.1) is 6.92 Å². The third-order valence-electron chi connectivity index (χ3n) is 3.01. The lowest BCUT2D eigenvalue weighted by Crippen LogP contribution is -2.11. The first-order chi connectivity index (χ1) is 10.0. The Hall–Kier alpha value is -1.78. The van der Waals surface area contributed by atoms with Crippen LogP contribution in [0.5, 0.6) is 11.5 Å². The molecule has 0 aliphatic heterocycles. The second-order valence-electron chi connectivity index (χ2n) is 4.62. The number of nitrogens with two attached hydrogens (primary N) is 1. The second kappa shape index (κ2) is 6.78. The molecule has 0 radical (unpaired) electrons. The molecule has 0 fully saturated rings. The molecule has 0 atom stereocenters. The Morgan fingerprint density at radius 2 is 1.95 bits per heavy atom. The molecular weight excluding hydrogens is 306 g/mol. The zero-order valence-electron chi connectivity index (χ0n) is 11.9. The Balaban J connectivity index is 2.15. The summed E-state index contributed by atoms with van der Waals surface area (Å²) in [7, 11) is 1.58. The van der Waals surface area contributed by atoms with E-state index >= 15 is 0 Å². The van der Waals surface area contributed by atoms with Crippen LogP contribution in [0.2, 0.25) is 5.02 Å². The number of hydrogen-bond donors (Lipinski definition) is 1. The minimum absolute atomic E-state index is 0.306. The molecule has 2 N–H and O–H groups in total. The van der Waals surface area contributed by atoms with E-state index in [2.05, 4.69) is 0 Å². The highest BCUT2D eigenvalue weighted by atomic mass is 35.5. The van der Waals surface area contributed by atoms with Gasteiger partial charge in [-0.1, -0.05) is 36.0 Å². The van der Waals surface area contributed by atoms with E-state index in [0.29, 0.717) is 33.7 Å². The largest absolute Gasteiger partial charge is 0.496 e. The quantitative estimate of drug-likeness (QED) is 0.849. The van der Waals surface area contributed by atoms with E-state index in [-0.39, 0.29) is 0 Å². The smallest absolute Gasteiger partial charge is 0.138 e. The van der Waals surface area contributed by atoms with Crippen molar-refractivity contribution >= 4 is 28.8 Å². The van der Waals surface area contributed by atoms with Crippen molar-refractivity contribution in [2.24, 2.45) is 5.73 Å². The molecule has 5 heteroatoms. The van der Waals surface area contributed by atoms with Crippen molar-refractivity contribution in [3.63, 3.8) is 0 Å². The first-order valence-electron chi connectivity index (χ1n) is 6.37. The fourth-order valence-electron chi connectivity index (χ4n) is 1.91. The normalized spacial score (nSPS) is 10.2. The highest BCUT2D eigenvalue weighted by Gasteiger charge is 2.08. The van der Waals surface area contributed by atoms with Crippen molar-refractivity contribution in [2.75, 3.05) is 7.11 Å². The standard InChI is InChI=1S/C16H16ClNO2S/c1-10-3-6-14(13(17)7-10)20-9-11-4-5-12(16(18)21)15(8-11)19-2/h3-8H,9H2,1-2H3,(H2,18,21). The van der Waals surface area contributed by atoms with Crippen molar-refractivity contribution < 1.29 is 9.47 Å². The molecule has 0 unspecified atom stereocenters. The van der Waals surface area contributed by atoms with Gasteiger partial charge in [0.2, 0.25) is 0 Å². The molecule has 0 bridgehead atoms. The molecule has 2 aromatic carbocycles. The van der Waals surface area contributed by atoms with Crippen molar-refractivity contribution in [3.8, 4) is 11.5 Å². The summed E-state index contributed by atoms with van der Waals surface area (Å²) in [5.41, 5.74) is 8.39. The molecule has 21 heavy (non-hydrogen) atoms. The van der Waals surface area contributed by atoms with Gasteiger partial charge in [-0.2, -0.15) is 0 Å². The van der Waals surface area contributed by atoms with E-state index < -0.39 is 0 Å². The number of halogens is 1. The Kier molecular flexibility index (Phi) is 5.04. The van der Waals surface area contributed by atoms with Gasteiger partial charge in [0.1, 0.15) is 23.1 Å². The van der Waals surface area contributed by atoms with Crippen molar-refractivity contribution in [3.05, 3.63) is 58.1 Å². The van der Waals surface area contributed by atoms with Crippen LogP contribution in [0.25, 0.3) is 0 Å². The summed E-state index contributed by atoms with van der Waals surface area (Å²) in [6.07, 6.45) is 0. The first-order valence-corrected chi connectivity index (χ1v) is 7.15. The minimum Gasteiger partial charge on any atom is -0.496 e. The zero-order chi connectivity index (χ0) is 15.4. The first kappa shape index (κ1) is 15.6. The van der Waals surface area contributed by atoms with Crippen LogP contribution in [0.4, 0.5) is 0 Å². The maximum absolute atomic E-state index is 6.14. The minimum atomic E-state index is 0.306. The molecule has 2 rings (SSSR count). The van der Waals surface area contributed by atoms with Gasteiger partial charge in [-0.3, -0.25) is 0 Å². The van der Waals surface area contributed by atoms with Crippen molar-refractivity contribution in [1.29, 1.82) is 0 Å². The van der Waals surface area contributed by atoms with Crippen LogP contribution < -0.4 is 15.2 Å². The molecule has 0 heterocycles. The van der Waals surface area contributed by atoms with E-state index in [4.69, 9.17) is 39.0 Å². The second-order valence-corrected chi connectivity index (χ2v) is 5.47. The lowest BCUT2D eigenvalue weighted by molar-refractivity contribution is 0.305. The average Bonchev–Trinajstić information content (AvgIpc) is 2.45. The maximum atomic E-state index is 6.14. The van der Waals surface area contributed by atoms with E-state index in [1.165, 1.54) is 0 Å². The van der Waals surface area contributed by atoms with Gasteiger partial charge in [0.05, 0.1) is 17.7 Å². The summed E-state index contributed by atoms with van der Waals surface area (Å²) in [6, 6.07) is 11.3. The highest BCUT2D eigenvalue weighted by Crippen LogP contribution is 2.27. The van der Waals surface area contributed by atoms with E-state index in [1.807, 2.05) is 43.3 Å². The van der Waals surface area contributed by atoms with Gasteiger partial charge in [0.15, 0.2) is 0 Å². The third-order valence-corrected chi connectivity index (χ3v) is 3.53. The molecule has 3 nitrogen and oxygen atoms in total. The number of hydrogen-bond acceptors (Lipinski definition) is 3. The summed E-state index contributed by atoms with van der Waals surface area (Å²) in [5, 5.41) is 0.599. The lowest BCUT2D eigenvalue weighted by Gasteiger charge is -2.12. The van der Waals surface area contributed by atoms with Crippen LogP contribution >= 0.6 is 23.8 Å². The average molecular weight is 322 g/mol. The van der Waals surface area contributed by atoms with Crippen molar-refractivity contribution in [1.82, 2.24) is 0 Å². The van der Waals surface area contributed by atoms with Crippen LogP contribution in [-0.4, -0.2) is 12.1 Å². The molecule has 0 saturated heterocycles. The van der Waals surface area contributed by atoms with Gasteiger partial charge in [-0.05, 0) is 42.3 Å². The molecule has 0 aliphatic rings. The number of methoxy groups -OCH3 is 1. The number of aryl methyl sites for hydroxylation is 1. The van der Waals surface area contributed by atoms with Crippen LogP contribution in [0.15, 0.2) is 36.4 Å². The Bertz CT molecular complexity index is 673. The van der Waals surface area contributed by atoms with Crippen LogP contribution in [-0.2, 0) is 6.61 Å². The fourth-order valence-corrected chi connectivity index (χ4v) is 2.37. The number of ether oxygens (including phenoxy) is 2. The topological polar surface area (TPSA) is 44.5 Å². The van der Waals surface area contributed by atoms with Crippen LogP contribution in [0.3, 0.4) is 0 Å². The SMILES string of the molecule is COc1cc(COc2ccc(C)cc2Cl)ccc1C(N)=S. The number of rotatable bonds is 5. The summed E-state index contributed by atoms with van der Waals surface area (Å²) in [4.78, 5) is 0.306.